The number of urea groups is 1. The summed E-state index contributed by atoms with van der Waals surface area (Å²) in [4.78, 5) is 27.8. The van der Waals surface area contributed by atoms with Crippen LogP contribution >= 0.6 is 0 Å². The monoisotopic (exact) mass is 337 g/mol. The highest BCUT2D eigenvalue weighted by Crippen LogP contribution is 2.16. The summed E-state index contributed by atoms with van der Waals surface area (Å²) in [5, 5.41) is 3.00. The minimum absolute atomic E-state index is 0.0524. The van der Waals surface area contributed by atoms with Crippen molar-refractivity contribution in [1.82, 2.24) is 15.1 Å². The smallest absolute Gasteiger partial charge is 0.410 e. The molecule has 0 aliphatic carbocycles. The molecule has 1 aliphatic rings. The third-order valence-corrected chi connectivity index (χ3v) is 3.79. The molecule has 0 unspecified atom stereocenters. The van der Waals surface area contributed by atoms with Gasteiger partial charge in [0.05, 0.1) is 19.1 Å². The molecule has 1 fully saturated rings. The van der Waals surface area contributed by atoms with Crippen LogP contribution in [-0.2, 0) is 11.3 Å². The zero-order valence-corrected chi connectivity index (χ0v) is 14.9. The fraction of sp³-hybridized carbons (Fsp3) is 0.647. The molecular formula is C17H27N3O4. The van der Waals surface area contributed by atoms with Gasteiger partial charge in [0.2, 0.25) is 0 Å². The highest BCUT2D eigenvalue weighted by Gasteiger charge is 2.31. The van der Waals surface area contributed by atoms with Gasteiger partial charge in [0.1, 0.15) is 5.60 Å². The molecule has 24 heavy (non-hydrogen) atoms. The summed E-state index contributed by atoms with van der Waals surface area (Å²) >= 11 is 0. The first kappa shape index (κ1) is 18.2. The minimum Gasteiger partial charge on any atom is -0.472 e. The Hall–Kier alpha value is -2.18. The van der Waals surface area contributed by atoms with Crippen LogP contribution in [0.1, 0.15) is 39.7 Å². The Bertz CT molecular complexity index is 551. The average Bonchev–Trinajstić information content (AvgIpc) is 3.14. The highest BCUT2D eigenvalue weighted by molar-refractivity contribution is 5.75. The number of nitrogens with one attached hydrogen (secondary N) is 1. The van der Waals surface area contributed by atoms with Crippen molar-refractivity contribution in [3.8, 4) is 0 Å². The van der Waals surface area contributed by atoms with E-state index in [9.17, 15) is 9.59 Å². The molecule has 2 rings (SSSR count). The molecule has 0 spiro atoms. The lowest BCUT2D eigenvalue weighted by atomic mass is 10.2. The minimum atomic E-state index is -0.512. The van der Waals surface area contributed by atoms with Crippen LogP contribution in [0.25, 0.3) is 0 Å². The molecule has 1 N–H and O–H groups in total. The Morgan fingerprint density at radius 1 is 1.46 bits per heavy atom. The lowest BCUT2D eigenvalue weighted by molar-refractivity contribution is 0.0291. The zero-order valence-electron chi connectivity index (χ0n) is 14.9. The summed E-state index contributed by atoms with van der Waals surface area (Å²) in [6.07, 6.45) is 3.63. The second-order valence-corrected chi connectivity index (χ2v) is 7.01. The van der Waals surface area contributed by atoms with Gasteiger partial charge in [-0.05, 0) is 40.2 Å². The maximum absolute atomic E-state index is 12.4. The zero-order chi connectivity index (χ0) is 17.7. The summed E-state index contributed by atoms with van der Waals surface area (Å²) in [5.41, 5.74) is 0.441. The summed E-state index contributed by atoms with van der Waals surface area (Å²) in [6, 6.07) is 1.66. The van der Waals surface area contributed by atoms with E-state index in [-0.39, 0.29) is 18.2 Å². The maximum atomic E-state index is 12.4. The van der Waals surface area contributed by atoms with E-state index in [1.165, 1.54) is 0 Å². The van der Waals surface area contributed by atoms with E-state index in [0.29, 0.717) is 26.2 Å². The molecule has 0 radical (unpaired) electrons. The molecule has 1 atom stereocenters. The van der Waals surface area contributed by atoms with Crippen molar-refractivity contribution in [2.24, 2.45) is 0 Å². The number of amides is 3. The van der Waals surface area contributed by atoms with Crippen molar-refractivity contribution in [3.05, 3.63) is 24.2 Å². The van der Waals surface area contributed by atoms with Crippen molar-refractivity contribution < 1.29 is 18.7 Å². The molecular weight excluding hydrogens is 310 g/mol. The third-order valence-electron chi connectivity index (χ3n) is 3.79. The number of carbonyl (C=O) groups is 2. The van der Waals surface area contributed by atoms with Crippen LogP contribution in [-0.4, -0.2) is 53.2 Å². The van der Waals surface area contributed by atoms with Gasteiger partial charge in [0.25, 0.3) is 0 Å². The van der Waals surface area contributed by atoms with Crippen molar-refractivity contribution in [2.75, 3.05) is 19.6 Å². The van der Waals surface area contributed by atoms with E-state index in [2.05, 4.69) is 5.32 Å². The summed E-state index contributed by atoms with van der Waals surface area (Å²) in [7, 11) is 0. The van der Waals surface area contributed by atoms with Crippen molar-refractivity contribution >= 4 is 12.1 Å². The third kappa shape index (κ3) is 5.18. The van der Waals surface area contributed by atoms with Gasteiger partial charge in [-0.25, -0.2) is 9.59 Å². The van der Waals surface area contributed by atoms with Crippen LogP contribution in [0.3, 0.4) is 0 Å². The van der Waals surface area contributed by atoms with E-state index < -0.39 is 5.60 Å². The Morgan fingerprint density at radius 3 is 2.79 bits per heavy atom. The van der Waals surface area contributed by atoms with E-state index >= 15 is 0 Å². The van der Waals surface area contributed by atoms with Gasteiger partial charge in [-0.15, -0.1) is 0 Å². The van der Waals surface area contributed by atoms with Gasteiger partial charge in [-0.3, -0.25) is 0 Å². The van der Waals surface area contributed by atoms with Crippen LogP contribution in [0.2, 0.25) is 0 Å². The molecule has 7 heteroatoms. The average molecular weight is 337 g/mol. The van der Waals surface area contributed by atoms with Crippen molar-refractivity contribution in [1.29, 1.82) is 0 Å². The second kappa shape index (κ2) is 7.59. The molecule has 1 aromatic rings. The quantitative estimate of drug-likeness (QED) is 0.917. The molecule has 134 valence electrons. The first-order valence-electron chi connectivity index (χ1n) is 8.33. The van der Waals surface area contributed by atoms with E-state index in [4.69, 9.17) is 9.15 Å². The fourth-order valence-corrected chi connectivity index (χ4v) is 2.57. The lowest BCUT2D eigenvalue weighted by Crippen LogP contribution is -2.46. The van der Waals surface area contributed by atoms with Gasteiger partial charge < -0.3 is 24.3 Å². The predicted octanol–water partition coefficient (Wildman–Crippen LogP) is 2.82. The Balaban J connectivity index is 1.83. The van der Waals surface area contributed by atoms with Crippen molar-refractivity contribution in [2.45, 2.75) is 52.3 Å². The van der Waals surface area contributed by atoms with Gasteiger partial charge in [0, 0.05) is 31.2 Å². The van der Waals surface area contributed by atoms with E-state index in [1.807, 2.05) is 33.8 Å². The second-order valence-electron chi connectivity index (χ2n) is 7.01. The molecule has 1 aliphatic heterocycles. The van der Waals surface area contributed by atoms with Gasteiger partial charge in [0.15, 0.2) is 0 Å². The topological polar surface area (TPSA) is 75.0 Å². The summed E-state index contributed by atoms with van der Waals surface area (Å²) in [6.45, 7) is 9.62. The van der Waals surface area contributed by atoms with Gasteiger partial charge in [-0.2, -0.15) is 0 Å². The summed E-state index contributed by atoms with van der Waals surface area (Å²) < 4.78 is 10.4. The number of hydrogen-bond donors (Lipinski definition) is 1. The van der Waals surface area contributed by atoms with Crippen molar-refractivity contribution in [3.63, 3.8) is 0 Å². The molecule has 0 aromatic carbocycles. The molecule has 3 amide bonds. The Kier molecular flexibility index (Phi) is 5.75. The van der Waals surface area contributed by atoms with E-state index in [1.54, 1.807) is 22.3 Å². The highest BCUT2D eigenvalue weighted by atomic mass is 16.6. The number of nitrogens with zero attached hydrogens (tertiary/aromatic N) is 2. The number of furan rings is 1. The van der Waals surface area contributed by atoms with Gasteiger partial charge >= 0.3 is 12.1 Å². The van der Waals surface area contributed by atoms with Crippen LogP contribution in [0.15, 0.2) is 23.0 Å². The molecule has 0 saturated carbocycles. The molecule has 7 nitrogen and oxygen atoms in total. The number of likely N-dealkylation sites (tertiary alicyclic amines) is 1. The van der Waals surface area contributed by atoms with Crippen LogP contribution < -0.4 is 5.32 Å². The number of hydrogen-bond acceptors (Lipinski definition) is 4. The predicted molar refractivity (Wildman–Crippen MR) is 89.5 cm³/mol. The number of ether oxygens (including phenoxy) is 1. The van der Waals surface area contributed by atoms with Crippen LogP contribution in [0.4, 0.5) is 9.59 Å². The normalized spacial score (nSPS) is 17.7. The standard InChI is InChI=1S/C17H27N3O4/c1-5-19(10-13-7-9-23-12-13)15(21)18-14-6-8-20(11-14)16(22)24-17(2,3)4/h7,9,12,14H,5-6,8,10-11H2,1-4H3,(H,18,21)/t14-/m1/s1. The molecule has 1 saturated heterocycles. The first-order chi connectivity index (χ1) is 11.3. The SMILES string of the molecule is CCN(Cc1ccoc1)C(=O)N[C@@H]1CCN(C(=O)OC(C)(C)C)C1. The Labute approximate surface area is 142 Å². The molecule has 1 aromatic heterocycles. The number of rotatable bonds is 4. The van der Waals surface area contributed by atoms with E-state index in [0.717, 1.165) is 12.0 Å². The summed E-state index contributed by atoms with van der Waals surface area (Å²) in [5.74, 6) is 0. The number of carbonyl (C=O) groups excluding carboxylic acids is 2. The van der Waals surface area contributed by atoms with Gasteiger partial charge in [-0.1, -0.05) is 0 Å². The fourth-order valence-electron chi connectivity index (χ4n) is 2.57. The first-order valence-corrected chi connectivity index (χ1v) is 8.33. The van der Waals surface area contributed by atoms with Crippen LogP contribution in [0.5, 0.6) is 0 Å². The largest absolute Gasteiger partial charge is 0.472 e. The molecule has 2 heterocycles. The maximum Gasteiger partial charge on any atom is 0.410 e. The molecule has 0 bridgehead atoms. The Morgan fingerprint density at radius 2 is 2.21 bits per heavy atom. The van der Waals surface area contributed by atoms with Crippen LogP contribution in [0, 0.1) is 0 Å². The lowest BCUT2D eigenvalue weighted by Gasteiger charge is -2.25.